The van der Waals surface area contributed by atoms with Crippen LogP contribution in [0.2, 0.25) is 16.6 Å². The molecule has 0 aromatic carbocycles. The first kappa shape index (κ1) is 17.5. The van der Waals surface area contributed by atoms with Crippen LogP contribution in [-0.4, -0.2) is 18.4 Å². The molecule has 0 unspecified atom stereocenters. The first-order valence-corrected chi connectivity index (χ1v) is 10.7. The van der Waals surface area contributed by atoms with Gasteiger partial charge in [-0.2, -0.15) is 0 Å². The molecule has 0 bridgehead atoms. The van der Waals surface area contributed by atoms with Gasteiger partial charge >= 0.3 is 0 Å². The van der Waals surface area contributed by atoms with Crippen LogP contribution in [0.25, 0.3) is 0 Å². The lowest BCUT2D eigenvalue weighted by molar-refractivity contribution is -0.0391. The Morgan fingerprint density at radius 1 is 1.05 bits per heavy atom. The van der Waals surface area contributed by atoms with Crippen molar-refractivity contribution in [3.63, 3.8) is 0 Å². The van der Waals surface area contributed by atoms with E-state index < -0.39 is 13.9 Å². The Morgan fingerprint density at radius 3 is 2.00 bits per heavy atom. The number of nitrogens with zero attached hydrogens (tertiary/aromatic N) is 1. The summed E-state index contributed by atoms with van der Waals surface area (Å²) in [5.74, 6) is 0.834. The Bertz CT molecular complexity index is 488. The maximum atomic E-state index is 10.5. The monoisotopic (exact) mass is 321 g/mol. The first-order valence-electron chi connectivity index (χ1n) is 8.59. The van der Waals surface area contributed by atoms with Crippen LogP contribution < -0.4 is 4.43 Å². The lowest BCUT2D eigenvalue weighted by atomic mass is 9.76. The van der Waals surface area contributed by atoms with E-state index in [0.29, 0.717) is 16.6 Å². The normalized spacial score (nSPS) is 17.9. The molecule has 0 saturated heterocycles. The van der Waals surface area contributed by atoms with Crippen molar-refractivity contribution in [3.05, 3.63) is 24.0 Å². The molecule has 4 heteroatoms. The number of aliphatic hydroxyl groups is 1. The highest BCUT2D eigenvalue weighted by Crippen LogP contribution is 2.44. The lowest BCUT2D eigenvalue weighted by Crippen LogP contribution is -2.50. The van der Waals surface area contributed by atoms with E-state index in [4.69, 9.17) is 4.43 Å². The smallest absolute Gasteiger partial charge is 0.258 e. The van der Waals surface area contributed by atoms with Crippen molar-refractivity contribution in [1.82, 2.24) is 4.98 Å². The van der Waals surface area contributed by atoms with E-state index in [1.165, 1.54) is 0 Å². The summed E-state index contributed by atoms with van der Waals surface area (Å²) in [7, 11) is -1.96. The van der Waals surface area contributed by atoms with Crippen molar-refractivity contribution in [3.8, 4) is 5.75 Å². The van der Waals surface area contributed by atoms with Gasteiger partial charge in [0, 0.05) is 11.8 Å². The fourth-order valence-electron chi connectivity index (χ4n) is 4.09. The Labute approximate surface area is 136 Å². The minimum atomic E-state index is -1.96. The highest BCUT2D eigenvalue weighted by Gasteiger charge is 2.47. The summed E-state index contributed by atoms with van der Waals surface area (Å²) < 4.78 is 6.66. The van der Waals surface area contributed by atoms with Gasteiger partial charge in [0.1, 0.15) is 5.75 Å². The van der Waals surface area contributed by atoms with E-state index in [1.807, 2.05) is 6.07 Å². The van der Waals surface area contributed by atoms with E-state index in [2.05, 4.69) is 46.5 Å². The fraction of sp³-hybridized carbons (Fsp3) is 0.722. The number of hydrogen-bond acceptors (Lipinski definition) is 3. The zero-order valence-electron chi connectivity index (χ0n) is 14.9. The number of rotatable bonds is 6. The highest BCUT2D eigenvalue weighted by molar-refractivity contribution is 6.78. The van der Waals surface area contributed by atoms with Crippen LogP contribution in [0.5, 0.6) is 5.75 Å². The van der Waals surface area contributed by atoms with Gasteiger partial charge in [-0.1, -0.05) is 41.5 Å². The maximum absolute atomic E-state index is 10.5. The molecule has 1 fully saturated rings. The van der Waals surface area contributed by atoms with Crippen LogP contribution in [0, 0.1) is 0 Å². The molecule has 1 aliphatic carbocycles. The van der Waals surface area contributed by atoms with E-state index >= 15 is 0 Å². The Morgan fingerprint density at radius 2 is 1.59 bits per heavy atom. The second-order valence-corrected chi connectivity index (χ2v) is 13.1. The van der Waals surface area contributed by atoms with Gasteiger partial charge in [0.2, 0.25) is 0 Å². The fourth-order valence-corrected chi connectivity index (χ4v) is 9.31. The predicted molar refractivity (Wildman–Crippen MR) is 93.7 cm³/mol. The molecule has 22 heavy (non-hydrogen) atoms. The average Bonchev–Trinajstić information content (AvgIpc) is 2.41. The van der Waals surface area contributed by atoms with Gasteiger partial charge in [0.05, 0.1) is 11.8 Å². The molecule has 1 aliphatic rings. The van der Waals surface area contributed by atoms with Crippen molar-refractivity contribution in [2.24, 2.45) is 0 Å². The predicted octanol–water partition coefficient (Wildman–Crippen LogP) is 5.01. The molecule has 1 heterocycles. The first-order chi connectivity index (χ1) is 10.2. The molecule has 0 atom stereocenters. The van der Waals surface area contributed by atoms with Crippen LogP contribution in [0.4, 0.5) is 0 Å². The topological polar surface area (TPSA) is 42.4 Å². The van der Waals surface area contributed by atoms with Crippen LogP contribution in [0.3, 0.4) is 0 Å². The Kier molecular flexibility index (Phi) is 5.02. The van der Waals surface area contributed by atoms with Crippen LogP contribution in [-0.2, 0) is 5.60 Å². The van der Waals surface area contributed by atoms with Gasteiger partial charge in [-0.05, 0) is 42.0 Å². The van der Waals surface area contributed by atoms with Gasteiger partial charge in [0.15, 0.2) is 0 Å². The second-order valence-electron chi connectivity index (χ2n) is 7.71. The molecule has 1 N–H and O–H groups in total. The molecule has 0 amide bonds. The van der Waals surface area contributed by atoms with E-state index in [0.717, 1.165) is 30.6 Å². The zero-order valence-corrected chi connectivity index (χ0v) is 15.9. The molecule has 1 saturated carbocycles. The molecular formula is C18H31NO2Si. The zero-order chi connectivity index (χ0) is 16.5. The van der Waals surface area contributed by atoms with Gasteiger partial charge in [0.25, 0.3) is 8.32 Å². The van der Waals surface area contributed by atoms with Crippen LogP contribution >= 0.6 is 0 Å². The van der Waals surface area contributed by atoms with Crippen molar-refractivity contribution in [2.45, 2.75) is 83.0 Å². The summed E-state index contributed by atoms with van der Waals surface area (Å²) >= 11 is 0. The van der Waals surface area contributed by atoms with E-state index in [1.54, 1.807) is 12.4 Å². The molecule has 3 nitrogen and oxygen atoms in total. The van der Waals surface area contributed by atoms with E-state index in [9.17, 15) is 5.11 Å². The molecule has 0 spiro atoms. The standard InChI is InChI=1S/C18H31NO2Si/c1-13(2)22(14(3)4,15(5)6)21-17-10-16(11-19-12-17)18(20)8-7-9-18/h10-15,20H,7-9H2,1-6H3. The summed E-state index contributed by atoms with van der Waals surface area (Å²) in [4.78, 5) is 4.33. The molecule has 0 aliphatic heterocycles. The van der Waals surface area contributed by atoms with Gasteiger partial charge in [-0.25, -0.2) is 0 Å². The maximum Gasteiger partial charge on any atom is 0.258 e. The number of pyridine rings is 1. The molecule has 124 valence electrons. The third kappa shape index (κ3) is 2.95. The minimum absolute atomic E-state index is 0.531. The third-order valence-electron chi connectivity index (χ3n) is 5.43. The quantitative estimate of drug-likeness (QED) is 0.749. The van der Waals surface area contributed by atoms with Gasteiger partial charge < -0.3 is 9.53 Å². The SMILES string of the molecule is CC(C)[Si](Oc1cncc(C2(O)CCC2)c1)(C(C)C)C(C)C. The second kappa shape index (κ2) is 6.32. The van der Waals surface area contributed by atoms with Crippen molar-refractivity contribution in [1.29, 1.82) is 0 Å². The minimum Gasteiger partial charge on any atom is -0.542 e. The lowest BCUT2D eigenvalue weighted by Gasteiger charge is -2.42. The van der Waals surface area contributed by atoms with Gasteiger partial charge in [-0.3, -0.25) is 4.98 Å². The average molecular weight is 322 g/mol. The number of aromatic nitrogens is 1. The summed E-state index contributed by atoms with van der Waals surface area (Å²) in [5.41, 5.74) is 1.83. The van der Waals surface area contributed by atoms with Crippen molar-refractivity contribution < 1.29 is 9.53 Å². The van der Waals surface area contributed by atoms with Crippen molar-refractivity contribution in [2.75, 3.05) is 0 Å². The summed E-state index contributed by atoms with van der Waals surface area (Å²) in [6, 6.07) is 2.01. The van der Waals surface area contributed by atoms with Crippen molar-refractivity contribution >= 4 is 8.32 Å². The van der Waals surface area contributed by atoms with Crippen LogP contribution in [0.15, 0.2) is 18.5 Å². The summed E-state index contributed by atoms with van der Waals surface area (Å²) in [6.07, 6.45) is 6.35. The summed E-state index contributed by atoms with van der Waals surface area (Å²) in [5, 5.41) is 10.5. The molecule has 2 rings (SSSR count). The van der Waals surface area contributed by atoms with Gasteiger partial charge in [-0.15, -0.1) is 0 Å². The number of hydrogen-bond donors (Lipinski definition) is 1. The Hall–Kier alpha value is -0.873. The molecule has 0 radical (unpaired) electrons. The summed E-state index contributed by atoms with van der Waals surface area (Å²) in [6.45, 7) is 13.7. The van der Waals surface area contributed by atoms with E-state index in [-0.39, 0.29) is 0 Å². The largest absolute Gasteiger partial charge is 0.542 e. The molecular weight excluding hydrogens is 290 g/mol. The van der Waals surface area contributed by atoms with Crippen LogP contribution in [0.1, 0.15) is 66.4 Å². The highest BCUT2D eigenvalue weighted by atomic mass is 28.4. The molecule has 1 aromatic heterocycles. The third-order valence-corrected chi connectivity index (χ3v) is 11.4. The Balaban J connectivity index is 2.33. The molecule has 1 aromatic rings.